The van der Waals surface area contributed by atoms with Crippen LogP contribution in [0.2, 0.25) is 0 Å². The van der Waals surface area contributed by atoms with Gasteiger partial charge in [-0.25, -0.2) is 4.79 Å². The number of non-ortho nitro benzene ring substituents is 1. The van der Waals surface area contributed by atoms with Crippen molar-refractivity contribution in [2.24, 2.45) is 0 Å². The molecule has 0 unspecified atom stereocenters. The lowest BCUT2D eigenvalue weighted by atomic mass is 10.2. The van der Waals surface area contributed by atoms with Crippen molar-refractivity contribution in [2.45, 2.75) is 13.2 Å². The summed E-state index contributed by atoms with van der Waals surface area (Å²) in [7, 11) is 1.25. The Labute approximate surface area is 140 Å². The van der Waals surface area contributed by atoms with Gasteiger partial charge in [-0.3, -0.25) is 10.1 Å². The number of nitrogens with zero attached hydrogens (tertiary/aromatic N) is 1. The van der Waals surface area contributed by atoms with Crippen LogP contribution < -0.4 is 9.47 Å². The van der Waals surface area contributed by atoms with E-state index in [1.165, 1.54) is 49.6 Å². The molecule has 2 aromatic carbocycles. The fourth-order valence-corrected chi connectivity index (χ4v) is 1.93. The number of alkyl halides is 2. The summed E-state index contributed by atoms with van der Waals surface area (Å²) in [6.45, 7) is -3.12. The first-order valence-electron chi connectivity index (χ1n) is 6.94. The van der Waals surface area contributed by atoms with E-state index in [4.69, 9.17) is 9.47 Å². The fraction of sp³-hybridized carbons (Fsp3) is 0.188. The number of carbonyl (C=O) groups excluding carboxylic acids is 1. The maximum Gasteiger partial charge on any atom is 0.387 e. The van der Waals surface area contributed by atoms with Gasteiger partial charge in [0.15, 0.2) is 11.5 Å². The third-order valence-electron chi connectivity index (χ3n) is 3.13. The van der Waals surface area contributed by atoms with Crippen molar-refractivity contribution < 1.29 is 32.7 Å². The number of nitro benzene ring substituents is 1. The van der Waals surface area contributed by atoms with Gasteiger partial charge in [-0.05, 0) is 35.9 Å². The van der Waals surface area contributed by atoms with E-state index >= 15 is 0 Å². The number of benzene rings is 2. The summed E-state index contributed by atoms with van der Waals surface area (Å²) in [4.78, 5) is 22.1. The Kier molecular flexibility index (Phi) is 5.83. The molecule has 0 N–H and O–H groups in total. The van der Waals surface area contributed by atoms with Crippen LogP contribution in [0, 0.1) is 10.1 Å². The zero-order chi connectivity index (χ0) is 18.4. The molecule has 132 valence electrons. The monoisotopic (exact) mass is 353 g/mol. The molecule has 2 rings (SSSR count). The molecule has 9 heteroatoms. The number of nitro groups is 1. The van der Waals surface area contributed by atoms with E-state index in [-0.39, 0.29) is 29.4 Å². The van der Waals surface area contributed by atoms with Crippen molar-refractivity contribution in [3.63, 3.8) is 0 Å². The smallest absolute Gasteiger partial charge is 0.387 e. The minimum atomic E-state index is -3.02. The molecular formula is C16H13F2NO6. The highest BCUT2D eigenvalue weighted by Crippen LogP contribution is 2.29. The third kappa shape index (κ3) is 4.87. The molecule has 0 aliphatic rings. The zero-order valence-corrected chi connectivity index (χ0v) is 13.0. The molecule has 7 nitrogen and oxygen atoms in total. The zero-order valence-electron chi connectivity index (χ0n) is 13.0. The second-order valence-corrected chi connectivity index (χ2v) is 4.74. The standard InChI is InChI=1S/C16H13F2NO6/c1-23-14-8-11(4-7-13(14)25-16(17)18)15(20)24-9-10-2-5-12(6-3-10)19(21)22/h2-8,16H,9H2,1H3. The van der Waals surface area contributed by atoms with E-state index in [2.05, 4.69) is 4.74 Å². The topological polar surface area (TPSA) is 87.9 Å². The molecule has 0 bridgehead atoms. The Morgan fingerprint density at radius 3 is 2.40 bits per heavy atom. The molecule has 0 heterocycles. The Morgan fingerprint density at radius 2 is 1.84 bits per heavy atom. The average molecular weight is 353 g/mol. The lowest BCUT2D eigenvalue weighted by Gasteiger charge is -2.11. The Balaban J connectivity index is 2.03. The van der Waals surface area contributed by atoms with Gasteiger partial charge in [0.2, 0.25) is 0 Å². The summed E-state index contributed by atoms with van der Waals surface area (Å²) in [6, 6.07) is 9.17. The summed E-state index contributed by atoms with van der Waals surface area (Å²) in [5.74, 6) is -0.949. The van der Waals surface area contributed by atoms with Crippen molar-refractivity contribution in [2.75, 3.05) is 7.11 Å². The van der Waals surface area contributed by atoms with Crippen LogP contribution in [0.25, 0.3) is 0 Å². The molecule has 0 amide bonds. The van der Waals surface area contributed by atoms with Crippen LogP contribution in [0.4, 0.5) is 14.5 Å². The van der Waals surface area contributed by atoms with Crippen molar-refractivity contribution in [1.29, 1.82) is 0 Å². The molecule has 0 saturated carbocycles. The normalized spacial score (nSPS) is 10.4. The number of hydrogen-bond donors (Lipinski definition) is 0. The number of ether oxygens (including phenoxy) is 3. The number of hydrogen-bond acceptors (Lipinski definition) is 6. The lowest BCUT2D eigenvalue weighted by Crippen LogP contribution is -2.07. The molecule has 0 aliphatic heterocycles. The highest BCUT2D eigenvalue weighted by molar-refractivity contribution is 5.90. The highest BCUT2D eigenvalue weighted by atomic mass is 19.3. The van der Waals surface area contributed by atoms with Gasteiger partial charge < -0.3 is 14.2 Å². The van der Waals surface area contributed by atoms with Crippen LogP contribution in [0.1, 0.15) is 15.9 Å². The Hall–Kier alpha value is -3.23. The van der Waals surface area contributed by atoms with E-state index in [1.54, 1.807) is 0 Å². The molecule has 0 fully saturated rings. The molecule has 0 spiro atoms. The summed E-state index contributed by atoms with van der Waals surface area (Å²) < 4.78 is 38.8. The number of methoxy groups -OCH3 is 1. The van der Waals surface area contributed by atoms with E-state index in [0.717, 1.165) is 0 Å². The molecule has 0 aromatic heterocycles. The molecule has 25 heavy (non-hydrogen) atoms. The summed E-state index contributed by atoms with van der Waals surface area (Å²) in [6.07, 6.45) is 0. The predicted octanol–water partition coefficient (Wildman–Crippen LogP) is 3.56. The molecule has 2 aromatic rings. The van der Waals surface area contributed by atoms with Crippen LogP contribution in [0.3, 0.4) is 0 Å². The highest BCUT2D eigenvalue weighted by Gasteiger charge is 2.15. The van der Waals surface area contributed by atoms with Crippen molar-refractivity contribution in [3.8, 4) is 11.5 Å². The largest absolute Gasteiger partial charge is 0.493 e. The van der Waals surface area contributed by atoms with Gasteiger partial charge >= 0.3 is 12.6 Å². The van der Waals surface area contributed by atoms with Crippen molar-refractivity contribution >= 4 is 11.7 Å². The number of rotatable bonds is 7. The minimum Gasteiger partial charge on any atom is -0.493 e. The van der Waals surface area contributed by atoms with Gasteiger partial charge in [0.1, 0.15) is 6.61 Å². The van der Waals surface area contributed by atoms with Crippen LogP contribution >= 0.6 is 0 Å². The predicted molar refractivity (Wildman–Crippen MR) is 81.8 cm³/mol. The number of esters is 1. The van der Waals surface area contributed by atoms with Gasteiger partial charge in [0, 0.05) is 12.1 Å². The van der Waals surface area contributed by atoms with E-state index in [0.29, 0.717) is 5.56 Å². The van der Waals surface area contributed by atoms with Crippen LogP contribution in [0.5, 0.6) is 11.5 Å². The van der Waals surface area contributed by atoms with E-state index in [1.807, 2.05) is 0 Å². The van der Waals surface area contributed by atoms with E-state index < -0.39 is 17.5 Å². The summed E-state index contributed by atoms with van der Waals surface area (Å²) >= 11 is 0. The van der Waals surface area contributed by atoms with E-state index in [9.17, 15) is 23.7 Å². The maximum atomic E-state index is 12.3. The average Bonchev–Trinajstić information content (AvgIpc) is 2.59. The summed E-state index contributed by atoms with van der Waals surface area (Å²) in [5, 5.41) is 10.6. The van der Waals surface area contributed by atoms with Crippen LogP contribution in [-0.2, 0) is 11.3 Å². The first-order chi connectivity index (χ1) is 11.9. The first kappa shape index (κ1) is 18.1. The number of halogens is 2. The number of carbonyl (C=O) groups is 1. The summed E-state index contributed by atoms with van der Waals surface area (Å²) in [5.41, 5.74) is 0.568. The molecular weight excluding hydrogens is 340 g/mol. The third-order valence-corrected chi connectivity index (χ3v) is 3.13. The van der Waals surface area contributed by atoms with Gasteiger partial charge in [0.25, 0.3) is 5.69 Å². The Bertz CT molecular complexity index is 764. The SMILES string of the molecule is COc1cc(C(=O)OCc2ccc([N+](=O)[O-])cc2)ccc1OC(F)F. The van der Waals surface area contributed by atoms with Gasteiger partial charge in [-0.15, -0.1) is 0 Å². The second-order valence-electron chi connectivity index (χ2n) is 4.74. The lowest BCUT2D eigenvalue weighted by molar-refractivity contribution is -0.384. The van der Waals surface area contributed by atoms with Crippen molar-refractivity contribution in [3.05, 3.63) is 63.7 Å². The first-order valence-corrected chi connectivity index (χ1v) is 6.94. The van der Waals surface area contributed by atoms with Crippen LogP contribution in [-0.4, -0.2) is 24.6 Å². The molecule has 0 radical (unpaired) electrons. The quantitative estimate of drug-likeness (QED) is 0.430. The van der Waals surface area contributed by atoms with Gasteiger partial charge in [0.05, 0.1) is 17.6 Å². The van der Waals surface area contributed by atoms with Crippen molar-refractivity contribution in [1.82, 2.24) is 0 Å². The second kappa shape index (κ2) is 8.04. The molecule has 0 aliphatic carbocycles. The molecule has 0 saturated heterocycles. The fourth-order valence-electron chi connectivity index (χ4n) is 1.93. The van der Waals surface area contributed by atoms with Crippen LogP contribution in [0.15, 0.2) is 42.5 Å². The van der Waals surface area contributed by atoms with Gasteiger partial charge in [-0.1, -0.05) is 0 Å². The molecule has 0 atom stereocenters. The maximum absolute atomic E-state index is 12.3. The van der Waals surface area contributed by atoms with Gasteiger partial charge in [-0.2, -0.15) is 8.78 Å². The Morgan fingerprint density at radius 1 is 1.16 bits per heavy atom. The minimum absolute atomic E-state index is 0.0370.